The van der Waals surface area contributed by atoms with Crippen LogP contribution in [0.4, 0.5) is 0 Å². The van der Waals surface area contributed by atoms with Crippen LogP contribution in [0.15, 0.2) is 48.5 Å². The lowest BCUT2D eigenvalue weighted by Gasteiger charge is -2.23. The van der Waals surface area contributed by atoms with Crippen molar-refractivity contribution in [2.75, 3.05) is 0 Å². The zero-order chi connectivity index (χ0) is 17.1. The Labute approximate surface area is 144 Å². The Hall–Kier alpha value is -2.22. The van der Waals surface area contributed by atoms with Gasteiger partial charge in [-0.25, -0.2) is 0 Å². The van der Waals surface area contributed by atoms with E-state index in [2.05, 4.69) is 26.0 Å². The Morgan fingerprint density at radius 1 is 1.08 bits per heavy atom. The van der Waals surface area contributed by atoms with Gasteiger partial charge in [0.15, 0.2) is 0 Å². The van der Waals surface area contributed by atoms with Crippen molar-refractivity contribution >= 4 is 5.57 Å². The molecule has 0 amide bonds. The smallest absolute Gasteiger partial charge is 0.119 e. The Morgan fingerprint density at radius 2 is 1.83 bits per heavy atom. The van der Waals surface area contributed by atoms with Crippen molar-refractivity contribution in [3.63, 3.8) is 0 Å². The molecule has 0 aliphatic heterocycles. The van der Waals surface area contributed by atoms with E-state index in [4.69, 9.17) is 0 Å². The number of rotatable bonds is 4. The molecule has 0 aromatic heterocycles. The van der Waals surface area contributed by atoms with Crippen LogP contribution < -0.4 is 0 Å². The van der Waals surface area contributed by atoms with Gasteiger partial charge in [-0.3, -0.25) is 0 Å². The topological polar surface area (TPSA) is 40.5 Å². The summed E-state index contributed by atoms with van der Waals surface area (Å²) >= 11 is 0. The van der Waals surface area contributed by atoms with Gasteiger partial charge >= 0.3 is 0 Å². The molecule has 2 aromatic carbocycles. The minimum absolute atomic E-state index is 0.326. The maximum absolute atomic E-state index is 10.1. The fraction of sp³-hybridized carbons (Fsp3) is 0.364. The van der Waals surface area contributed by atoms with Crippen LogP contribution in [0, 0.1) is 0 Å². The molecule has 24 heavy (non-hydrogen) atoms. The summed E-state index contributed by atoms with van der Waals surface area (Å²) in [5.41, 5.74) is 4.98. The molecule has 126 valence electrons. The van der Waals surface area contributed by atoms with Gasteiger partial charge in [0.05, 0.1) is 0 Å². The fourth-order valence-electron chi connectivity index (χ4n) is 3.51. The number of hydrogen-bond donors (Lipinski definition) is 2. The van der Waals surface area contributed by atoms with Gasteiger partial charge in [-0.05, 0) is 84.0 Å². The summed E-state index contributed by atoms with van der Waals surface area (Å²) in [7, 11) is 0. The molecule has 2 heteroatoms. The van der Waals surface area contributed by atoms with Gasteiger partial charge in [0, 0.05) is 0 Å². The van der Waals surface area contributed by atoms with E-state index >= 15 is 0 Å². The van der Waals surface area contributed by atoms with E-state index in [0.717, 1.165) is 31.2 Å². The monoisotopic (exact) mass is 322 g/mol. The maximum atomic E-state index is 10.1. The summed E-state index contributed by atoms with van der Waals surface area (Å²) in [4.78, 5) is 0. The van der Waals surface area contributed by atoms with E-state index in [1.54, 1.807) is 12.1 Å². The van der Waals surface area contributed by atoms with Gasteiger partial charge in [-0.15, -0.1) is 0 Å². The van der Waals surface area contributed by atoms with Crippen molar-refractivity contribution < 1.29 is 10.2 Å². The SMILES string of the molecule is CCC(C)c1cc(C2=CCC(c3ccc(O)cc3)CC2)ccc1O. The summed E-state index contributed by atoms with van der Waals surface area (Å²) < 4.78 is 0. The van der Waals surface area contributed by atoms with Crippen LogP contribution in [0.1, 0.15) is 68.1 Å². The highest BCUT2D eigenvalue weighted by molar-refractivity contribution is 5.68. The molecular formula is C22H26O2. The molecule has 2 aromatic rings. The molecule has 0 fully saturated rings. The van der Waals surface area contributed by atoms with Crippen LogP contribution in [0.3, 0.4) is 0 Å². The van der Waals surface area contributed by atoms with E-state index in [0.29, 0.717) is 23.3 Å². The van der Waals surface area contributed by atoms with Crippen molar-refractivity contribution in [3.05, 3.63) is 65.2 Å². The van der Waals surface area contributed by atoms with Crippen LogP contribution in [0.25, 0.3) is 5.57 Å². The molecule has 1 aliphatic carbocycles. The average molecular weight is 322 g/mol. The van der Waals surface area contributed by atoms with Gasteiger partial charge in [0.25, 0.3) is 0 Å². The highest BCUT2D eigenvalue weighted by Gasteiger charge is 2.18. The highest BCUT2D eigenvalue weighted by atomic mass is 16.3. The third-order valence-electron chi connectivity index (χ3n) is 5.32. The second kappa shape index (κ2) is 7.12. The molecule has 0 spiro atoms. The Bertz CT molecular complexity index is 728. The molecular weight excluding hydrogens is 296 g/mol. The molecule has 2 atom stereocenters. The van der Waals surface area contributed by atoms with Crippen molar-refractivity contribution in [2.45, 2.75) is 51.4 Å². The van der Waals surface area contributed by atoms with Crippen LogP contribution in [0.5, 0.6) is 11.5 Å². The molecule has 0 radical (unpaired) electrons. The zero-order valence-electron chi connectivity index (χ0n) is 14.5. The number of benzene rings is 2. The second-order valence-corrected chi connectivity index (χ2v) is 6.88. The minimum atomic E-state index is 0.326. The van der Waals surface area contributed by atoms with Crippen LogP contribution in [0.2, 0.25) is 0 Å². The summed E-state index contributed by atoms with van der Waals surface area (Å²) in [6.07, 6.45) is 6.57. The lowest BCUT2D eigenvalue weighted by Crippen LogP contribution is -2.04. The second-order valence-electron chi connectivity index (χ2n) is 6.88. The van der Waals surface area contributed by atoms with E-state index in [9.17, 15) is 10.2 Å². The zero-order valence-corrected chi connectivity index (χ0v) is 14.5. The number of phenols is 2. The minimum Gasteiger partial charge on any atom is -0.508 e. The fourth-order valence-corrected chi connectivity index (χ4v) is 3.51. The first-order valence-corrected chi connectivity index (χ1v) is 8.89. The van der Waals surface area contributed by atoms with E-state index in [1.807, 2.05) is 24.3 Å². The number of aromatic hydroxyl groups is 2. The Morgan fingerprint density at radius 3 is 2.46 bits per heavy atom. The summed E-state index contributed by atoms with van der Waals surface area (Å²) in [5.74, 6) is 1.64. The normalized spacial score (nSPS) is 18.9. The van der Waals surface area contributed by atoms with Crippen LogP contribution >= 0.6 is 0 Å². The van der Waals surface area contributed by atoms with Crippen molar-refractivity contribution in [2.24, 2.45) is 0 Å². The number of allylic oxidation sites excluding steroid dienone is 2. The van der Waals surface area contributed by atoms with Crippen LogP contribution in [-0.2, 0) is 0 Å². The van der Waals surface area contributed by atoms with E-state index < -0.39 is 0 Å². The van der Waals surface area contributed by atoms with Gasteiger partial charge in [-0.2, -0.15) is 0 Å². The van der Waals surface area contributed by atoms with Gasteiger partial charge in [-0.1, -0.05) is 38.1 Å². The van der Waals surface area contributed by atoms with Crippen LogP contribution in [-0.4, -0.2) is 10.2 Å². The Balaban J connectivity index is 1.78. The lowest BCUT2D eigenvalue weighted by atomic mass is 9.82. The first kappa shape index (κ1) is 16.6. The van der Waals surface area contributed by atoms with Gasteiger partial charge < -0.3 is 10.2 Å². The molecule has 2 unspecified atom stereocenters. The standard InChI is InChI=1S/C22H26O2/c1-3-15(2)21-14-19(10-13-22(21)24)18-6-4-16(5-7-18)17-8-11-20(23)12-9-17/h6,8-16,23-24H,3-5,7H2,1-2H3. The van der Waals surface area contributed by atoms with Gasteiger partial charge in [0.1, 0.15) is 11.5 Å². The predicted molar refractivity (Wildman–Crippen MR) is 99.5 cm³/mol. The van der Waals surface area contributed by atoms with Crippen molar-refractivity contribution in [1.82, 2.24) is 0 Å². The summed E-state index contributed by atoms with van der Waals surface area (Å²) in [5, 5.41) is 19.5. The molecule has 0 saturated heterocycles. The van der Waals surface area contributed by atoms with Crippen molar-refractivity contribution in [1.29, 1.82) is 0 Å². The third kappa shape index (κ3) is 3.48. The third-order valence-corrected chi connectivity index (χ3v) is 5.32. The lowest BCUT2D eigenvalue weighted by molar-refractivity contribution is 0.462. The highest BCUT2D eigenvalue weighted by Crippen LogP contribution is 2.38. The number of hydrogen-bond acceptors (Lipinski definition) is 2. The van der Waals surface area contributed by atoms with Crippen molar-refractivity contribution in [3.8, 4) is 11.5 Å². The Kier molecular flexibility index (Phi) is 4.94. The van der Waals surface area contributed by atoms with E-state index in [1.165, 1.54) is 16.7 Å². The predicted octanol–water partition coefficient (Wildman–Crippen LogP) is 5.96. The maximum Gasteiger partial charge on any atom is 0.119 e. The first-order chi connectivity index (χ1) is 11.6. The molecule has 0 bridgehead atoms. The molecule has 0 saturated carbocycles. The first-order valence-electron chi connectivity index (χ1n) is 8.89. The quantitative estimate of drug-likeness (QED) is 0.729. The molecule has 2 N–H and O–H groups in total. The molecule has 2 nitrogen and oxygen atoms in total. The molecule has 1 aliphatic rings. The average Bonchev–Trinajstić information content (AvgIpc) is 2.62. The summed E-state index contributed by atoms with van der Waals surface area (Å²) in [6, 6.07) is 13.6. The van der Waals surface area contributed by atoms with Gasteiger partial charge in [0.2, 0.25) is 0 Å². The number of phenolic OH excluding ortho intramolecular Hbond substituents is 2. The molecule has 3 rings (SSSR count). The van der Waals surface area contributed by atoms with E-state index in [-0.39, 0.29) is 0 Å². The molecule has 0 heterocycles. The summed E-state index contributed by atoms with van der Waals surface area (Å²) in [6.45, 7) is 4.31. The largest absolute Gasteiger partial charge is 0.508 e.